The number of carbonyl (C=O) groups is 1. The van der Waals surface area contributed by atoms with E-state index in [4.69, 9.17) is 4.74 Å². The number of rotatable bonds is 6. The van der Waals surface area contributed by atoms with E-state index in [-0.39, 0.29) is 6.03 Å². The molecule has 1 heterocycles. The summed E-state index contributed by atoms with van der Waals surface area (Å²) >= 11 is 0. The van der Waals surface area contributed by atoms with Crippen LogP contribution < -0.4 is 10.6 Å². The molecule has 116 valence electrons. The Kier molecular flexibility index (Phi) is 6.54. The first-order valence-corrected chi connectivity index (χ1v) is 7.91. The molecular formula is C17H26N2O2. The second-order valence-corrected chi connectivity index (χ2v) is 5.80. The Bertz CT molecular complexity index is 422. The minimum Gasteiger partial charge on any atom is -0.378 e. The van der Waals surface area contributed by atoms with Crippen molar-refractivity contribution in [3.05, 3.63) is 35.9 Å². The average Bonchev–Trinajstić information content (AvgIpc) is 2.51. The number of ether oxygens (including phenoxy) is 1. The molecule has 2 rings (SSSR count). The predicted molar refractivity (Wildman–Crippen MR) is 84.3 cm³/mol. The number of hydrogen-bond donors (Lipinski definition) is 2. The van der Waals surface area contributed by atoms with Crippen LogP contribution in [0.5, 0.6) is 0 Å². The van der Waals surface area contributed by atoms with Gasteiger partial charge in [0.2, 0.25) is 0 Å². The molecule has 1 aromatic carbocycles. The number of benzene rings is 1. The fourth-order valence-corrected chi connectivity index (χ4v) is 2.72. The summed E-state index contributed by atoms with van der Waals surface area (Å²) in [5.41, 5.74) is 1.32. The Morgan fingerprint density at radius 2 is 2.10 bits per heavy atom. The second-order valence-electron chi connectivity index (χ2n) is 5.80. The van der Waals surface area contributed by atoms with Gasteiger partial charge < -0.3 is 15.4 Å². The van der Waals surface area contributed by atoms with Crippen molar-refractivity contribution in [2.24, 2.45) is 5.92 Å². The topological polar surface area (TPSA) is 50.4 Å². The summed E-state index contributed by atoms with van der Waals surface area (Å²) in [6, 6.07) is 10.3. The number of aryl methyl sites for hydroxylation is 1. The van der Waals surface area contributed by atoms with E-state index in [0.29, 0.717) is 18.6 Å². The highest BCUT2D eigenvalue weighted by Crippen LogP contribution is 2.18. The number of urea groups is 1. The molecule has 1 saturated heterocycles. The second kappa shape index (κ2) is 8.67. The average molecular weight is 290 g/mol. The van der Waals surface area contributed by atoms with Crippen LogP contribution in [0.15, 0.2) is 30.3 Å². The third-order valence-corrected chi connectivity index (χ3v) is 3.92. The van der Waals surface area contributed by atoms with Crippen molar-refractivity contribution in [2.75, 3.05) is 19.7 Å². The van der Waals surface area contributed by atoms with E-state index in [1.54, 1.807) is 0 Å². The lowest BCUT2D eigenvalue weighted by molar-refractivity contribution is 0.00346. The minimum atomic E-state index is -0.0535. The Balaban J connectivity index is 1.53. The van der Waals surface area contributed by atoms with Gasteiger partial charge in [0.1, 0.15) is 0 Å². The van der Waals surface area contributed by atoms with Crippen molar-refractivity contribution in [3.8, 4) is 0 Å². The van der Waals surface area contributed by atoms with E-state index in [2.05, 4.69) is 29.7 Å². The summed E-state index contributed by atoms with van der Waals surface area (Å²) in [7, 11) is 0. The van der Waals surface area contributed by atoms with Crippen LogP contribution in [0.3, 0.4) is 0 Å². The van der Waals surface area contributed by atoms with Gasteiger partial charge in [0.05, 0.1) is 6.10 Å². The number of carbonyl (C=O) groups excluding carboxylic acids is 1. The van der Waals surface area contributed by atoms with E-state index in [9.17, 15) is 4.79 Å². The standard InChI is InChI=1S/C17H26N2O2/c1-14-12-16(9-11-21-14)13-19-17(20)18-10-5-8-15-6-3-2-4-7-15/h2-4,6-7,14,16H,5,8-13H2,1H3,(H2,18,19,20)/t14-,16+/m0/s1. The molecular weight excluding hydrogens is 264 g/mol. The van der Waals surface area contributed by atoms with Gasteiger partial charge >= 0.3 is 6.03 Å². The van der Waals surface area contributed by atoms with Crippen LogP contribution in [0, 0.1) is 5.92 Å². The lowest BCUT2D eigenvalue weighted by atomic mass is 9.96. The third kappa shape index (κ3) is 6.17. The first-order valence-electron chi connectivity index (χ1n) is 7.91. The highest BCUT2D eigenvalue weighted by Gasteiger charge is 2.19. The molecule has 0 bridgehead atoms. The maximum Gasteiger partial charge on any atom is 0.314 e. The van der Waals surface area contributed by atoms with Crippen molar-refractivity contribution >= 4 is 6.03 Å². The zero-order valence-corrected chi connectivity index (χ0v) is 12.8. The molecule has 1 fully saturated rings. The van der Waals surface area contributed by atoms with Crippen LogP contribution >= 0.6 is 0 Å². The molecule has 0 aliphatic carbocycles. The monoisotopic (exact) mass is 290 g/mol. The lowest BCUT2D eigenvalue weighted by Gasteiger charge is -2.27. The van der Waals surface area contributed by atoms with Gasteiger partial charge in [0, 0.05) is 19.7 Å². The van der Waals surface area contributed by atoms with Crippen LogP contribution in [0.1, 0.15) is 31.7 Å². The predicted octanol–water partition coefficient (Wildman–Crippen LogP) is 2.73. The van der Waals surface area contributed by atoms with Crippen molar-refractivity contribution in [1.82, 2.24) is 10.6 Å². The molecule has 2 amide bonds. The van der Waals surface area contributed by atoms with Gasteiger partial charge in [-0.1, -0.05) is 30.3 Å². The van der Waals surface area contributed by atoms with E-state index < -0.39 is 0 Å². The largest absolute Gasteiger partial charge is 0.378 e. The van der Waals surface area contributed by atoms with Gasteiger partial charge in [0.15, 0.2) is 0 Å². The highest BCUT2D eigenvalue weighted by molar-refractivity contribution is 5.73. The fourth-order valence-electron chi connectivity index (χ4n) is 2.72. The normalized spacial score (nSPS) is 21.8. The smallest absolute Gasteiger partial charge is 0.314 e. The Morgan fingerprint density at radius 3 is 2.86 bits per heavy atom. The van der Waals surface area contributed by atoms with Crippen LogP contribution in [-0.4, -0.2) is 31.8 Å². The molecule has 1 aromatic rings. The van der Waals surface area contributed by atoms with E-state index in [1.165, 1.54) is 5.56 Å². The summed E-state index contributed by atoms with van der Waals surface area (Å²) in [5, 5.41) is 5.89. The SMILES string of the molecule is C[C@H]1C[C@H](CNC(=O)NCCCc2ccccc2)CCO1. The molecule has 21 heavy (non-hydrogen) atoms. The summed E-state index contributed by atoms with van der Waals surface area (Å²) in [4.78, 5) is 11.7. The maximum absolute atomic E-state index is 11.7. The van der Waals surface area contributed by atoms with Crippen molar-refractivity contribution < 1.29 is 9.53 Å². The molecule has 2 atom stereocenters. The van der Waals surface area contributed by atoms with Crippen LogP contribution in [0.4, 0.5) is 4.79 Å². The van der Waals surface area contributed by atoms with Crippen molar-refractivity contribution in [1.29, 1.82) is 0 Å². The maximum atomic E-state index is 11.7. The van der Waals surface area contributed by atoms with Gasteiger partial charge in [-0.2, -0.15) is 0 Å². The molecule has 2 N–H and O–H groups in total. The van der Waals surface area contributed by atoms with Gasteiger partial charge in [-0.15, -0.1) is 0 Å². The Morgan fingerprint density at radius 1 is 1.29 bits per heavy atom. The molecule has 0 unspecified atom stereocenters. The number of nitrogens with one attached hydrogen (secondary N) is 2. The Labute approximate surface area is 127 Å². The third-order valence-electron chi connectivity index (χ3n) is 3.92. The summed E-state index contributed by atoms with van der Waals surface area (Å²) in [6.07, 6.45) is 4.36. The first-order chi connectivity index (χ1) is 10.2. The summed E-state index contributed by atoms with van der Waals surface area (Å²) in [5.74, 6) is 0.545. The van der Waals surface area contributed by atoms with Crippen LogP contribution in [-0.2, 0) is 11.2 Å². The lowest BCUT2D eigenvalue weighted by Crippen LogP contribution is -2.40. The van der Waals surface area contributed by atoms with E-state index in [0.717, 1.165) is 38.8 Å². The zero-order chi connectivity index (χ0) is 14.9. The molecule has 0 spiro atoms. The quantitative estimate of drug-likeness (QED) is 0.792. The molecule has 1 aliphatic rings. The van der Waals surface area contributed by atoms with E-state index in [1.807, 2.05) is 18.2 Å². The van der Waals surface area contributed by atoms with Crippen LogP contribution in [0.25, 0.3) is 0 Å². The highest BCUT2D eigenvalue weighted by atomic mass is 16.5. The van der Waals surface area contributed by atoms with Gasteiger partial charge in [0.25, 0.3) is 0 Å². The Hall–Kier alpha value is -1.55. The molecule has 4 nitrogen and oxygen atoms in total. The summed E-state index contributed by atoms with van der Waals surface area (Å²) < 4.78 is 5.51. The van der Waals surface area contributed by atoms with Crippen LogP contribution in [0.2, 0.25) is 0 Å². The molecule has 0 saturated carbocycles. The zero-order valence-electron chi connectivity index (χ0n) is 12.8. The van der Waals surface area contributed by atoms with Gasteiger partial charge in [-0.3, -0.25) is 0 Å². The van der Waals surface area contributed by atoms with Crippen molar-refractivity contribution in [3.63, 3.8) is 0 Å². The molecule has 1 aliphatic heterocycles. The number of amides is 2. The summed E-state index contributed by atoms with van der Waals surface area (Å²) in [6.45, 7) is 4.37. The van der Waals surface area contributed by atoms with E-state index >= 15 is 0 Å². The van der Waals surface area contributed by atoms with Crippen molar-refractivity contribution in [2.45, 2.75) is 38.7 Å². The van der Waals surface area contributed by atoms with Gasteiger partial charge in [-0.25, -0.2) is 4.79 Å². The first kappa shape index (κ1) is 15.8. The molecule has 4 heteroatoms. The van der Waals surface area contributed by atoms with Gasteiger partial charge in [-0.05, 0) is 44.1 Å². The molecule has 0 radical (unpaired) electrons. The number of hydrogen-bond acceptors (Lipinski definition) is 2. The minimum absolute atomic E-state index is 0.0535. The molecule has 0 aromatic heterocycles. The fraction of sp³-hybridized carbons (Fsp3) is 0.588.